The van der Waals surface area contributed by atoms with Crippen LogP contribution >= 0.6 is 11.8 Å². The van der Waals surface area contributed by atoms with E-state index >= 15 is 0 Å². The Kier molecular flexibility index (Phi) is 6.74. The second kappa shape index (κ2) is 9.86. The largest absolute Gasteiger partial charge is 0.489 e. The van der Waals surface area contributed by atoms with E-state index in [1.807, 2.05) is 0 Å². The van der Waals surface area contributed by atoms with Gasteiger partial charge in [-0.1, -0.05) is 12.1 Å². The second-order valence-electron chi connectivity index (χ2n) is 7.64. The lowest BCUT2D eigenvalue weighted by molar-refractivity contribution is -0.384. The molecule has 33 heavy (non-hydrogen) atoms. The molecule has 0 aromatic heterocycles. The summed E-state index contributed by atoms with van der Waals surface area (Å²) in [5, 5.41) is 10.3. The van der Waals surface area contributed by atoms with Crippen LogP contribution in [-0.4, -0.2) is 51.4 Å². The van der Waals surface area contributed by atoms with E-state index in [2.05, 4.69) is 0 Å². The van der Waals surface area contributed by atoms with Crippen molar-refractivity contribution in [1.29, 1.82) is 0 Å². The highest BCUT2D eigenvalue weighted by Gasteiger charge is 2.37. The number of likely N-dealkylation sites (tertiary alicyclic amines) is 1. The van der Waals surface area contributed by atoms with Crippen LogP contribution in [0, 0.1) is 10.1 Å². The van der Waals surface area contributed by atoms with Gasteiger partial charge in [0.2, 0.25) is 5.91 Å². The number of carbonyl (C=O) groups is 3. The molecular formula is C23H21N3O6S. The van der Waals surface area contributed by atoms with Crippen LogP contribution in [-0.2, 0) is 16.2 Å². The number of nitro groups is 1. The van der Waals surface area contributed by atoms with Gasteiger partial charge in [0.25, 0.3) is 16.8 Å². The summed E-state index contributed by atoms with van der Waals surface area (Å²) >= 11 is 0.825. The van der Waals surface area contributed by atoms with Crippen molar-refractivity contribution in [2.24, 2.45) is 0 Å². The third-order valence-corrected chi connectivity index (χ3v) is 6.26. The molecule has 2 aromatic rings. The number of nitro benzene ring substituents is 1. The van der Waals surface area contributed by atoms with Crippen LogP contribution in [0.4, 0.5) is 10.5 Å². The Labute approximate surface area is 194 Å². The molecule has 0 unspecified atom stereocenters. The number of benzene rings is 2. The van der Waals surface area contributed by atoms with E-state index in [4.69, 9.17) is 4.74 Å². The first kappa shape index (κ1) is 22.5. The summed E-state index contributed by atoms with van der Waals surface area (Å²) in [7, 11) is 0. The number of rotatable bonds is 7. The number of hydrogen-bond donors (Lipinski definition) is 0. The number of carbonyl (C=O) groups excluding carboxylic acids is 3. The number of ether oxygens (including phenoxy) is 1. The van der Waals surface area contributed by atoms with Crippen LogP contribution in [0.5, 0.6) is 5.75 Å². The lowest BCUT2D eigenvalue weighted by atomic mass is 10.2. The zero-order chi connectivity index (χ0) is 23.4. The molecule has 0 spiro atoms. The monoisotopic (exact) mass is 467 g/mol. The summed E-state index contributed by atoms with van der Waals surface area (Å²) in [6, 6.07) is 13.1. The van der Waals surface area contributed by atoms with Crippen LogP contribution in [0.15, 0.2) is 53.4 Å². The third-order valence-electron chi connectivity index (χ3n) is 5.36. The Morgan fingerprint density at radius 1 is 1.06 bits per heavy atom. The molecule has 3 amide bonds. The standard InChI is InChI=1S/C23H21N3O6S/c27-21(24-11-1-2-12-24)14-25-22(28)20(33-23(25)29)13-16-5-9-19(10-6-16)32-15-17-3-7-18(8-4-17)26(30)31/h3-10,13H,1-2,11-12,14-15H2/b20-13+. The zero-order valence-electron chi connectivity index (χ0n) is 17.6. The van der Waals surface area contributed by atoms with Crippen LogP contribution in [0.3, 0.4) is 0 Å². The zero-order valence-corrected chi connectivity index (χ0v) is 18.5. The van der Waals surface area contributed by atoms with Gasteiger partial charge >= 0.3 is 0 Å². The van der Waals surface area contributed by atoms with E-state index in [1.54, 1.807) is 47.4 Å². The van der Waals surface area contributed by atoms with E-state index in [9.17, 15) is 24.5 Å². The fourth-order valence-electron chi connectivity index (χ4n) is 3.53. The minimum atomic E-state index is -0.462. The predicted molar refractivity (Wildman–Crippen MR) is 122 cm³/mol. The second-order valence-corrected chi connectivity index (χ2v) is 8.63. The van der Waals surface area contributed by atoms with Crippen molar-refractivity contribution in [3.63, 3.8) is 0 Å². The Balaban J connectivity index is 1.35. The van der Waals surface area contributed by atoms with Crippen LogP contribution in [0.2, 0.25) is 0 Å². The van der Waals surface area contributed by atoms with Crippen molar-refractivity contribution in [2.75, 3.05) is 19.6 Å². The van der Waals surface area contributed by atoms with Crippen molar-refractivity contribution in [2.45, 2.75) is 19.4 Å². The first-order valence-electron chi connectivity index (χ1n) is 10.4. The molecule has 2 fully saturated rings. The topological polar surface area (TPSA) is 110 Å². The molecule has 170 valence electrons. The van der Waals surface area contributed by atoms with Gasteiger partial charge in [0.15, 0.2) is 0 Å². The molecule has 4 rings (SSSR count). The molecule has 0 N–H and O–H groups in total. The maximum atomic E-state index is 12.6. The summed E-state index contributed by atoms with van der Waals surface area (Å²) in [5.41, 5.74) is 1.53. The molecule has 0 radical (unpaired) electrons. The highest BCUT2D eigenvalue weighted by atomic mass is 32.2. The number of hydrogen-bond acceptors (Lipinski definition) is 7. The van der Waals surface area contributed by atoms with Crippen LogP contribution < -0.4 is 4.74 Å². The Morgan fingerprint density at radius 2 is 1.73 bits per heavy atom. The highest BCUT2D eigenvalue weighted by Crippen LogP contribution is 2.32. The molecule has 2 aliphatic heterocycles. The summed E-state index contributed by atoms with van der Waals surface area (Å²) in [4.78, 5) is 50.4. The molecule has 2 saturated heterocycles. The van der Waals surface area contributed by atoms with Gasteiger partial charge in [-0.05, 0) is 66.1 Å². The van der Waals surface area contributed by atoms with Gasteiger partial charge in [-0.15, -0.1) is 0 Å². The maximum absolute atomic E-state index is 12.6. The van der Waals surface area contributed by atoms with E-state index in [1.165, 1.54) is 12.1 Å². The molecule has 0 atom stereocenters. The Morgan fingerprint density at radius 3 is 2.36 bits per heavy atom. The van der Waals surface area contributed by atoms with Gasteiger partial charge in [0, 0.05) is 25.2 Å². The first-order valence-corrected chi connectivity index (χ1v) is 11.2. The number of imide groups is 1. The predicted octanol–water partition coefficient (Wildman–Crippen LogP) is 3.83. The molecule has 10 heteroatoms. The lowest BCUT2D eigenvalue weighted by Crippen LogP contribution is -2.40. The quantitative estimate of drug-likeness (QED) is 0.346. The number of non-ortho nitro benzene ring substituents is 1. The molecule has 2 aromatic carbocycles. The van der Waals surface area contributed by atoms with Gasteiger partial charge in [-0.25, -0.2) is 0 Å². The average Bonchev–Trinajstić information content (AvgIpc) is 3.44. The lowest BCUT2D eigenvalue weighted by Gasteiger charge is -2.18. The van der Waals surface area contributed by atoms with Crippen molar-refractivity contribution >= 4 is 40.6 Å². The number of amides is 3. The van der Waals surface area contributed by atoms with Crippen LogP contribution in [0.1, 0.15) is 24.0 Å². The van der Waals surface area contributed by atoms with Crippen LogP contribution in [0.25, 0.3) is 6.08 Å². The summed E-state index contributed by atoms with van der Waals surface area (Å²) < 4.78 is 5.70. The molecule has 0 aliphatic carbocycles. The number of thioether (sulfide) groups is 1. The molecule has 2 heterocycles. The van der Waals surface area contributed by atoms with Crippen molar-refractivity contribution in [3.05, 3.63) is 74.7 Å². The van der Waals surface area contributed by atoms with Gasteiger partial charge in [0.1, 0.15) is 18.9 Å². The van der Waals surface area contributed by atoms with E-state index < -0.39 is 16.1 Å². The van der Waals surface area contributed by atoms with Crippen molar-refractivity contribution < 1.29 is 24.0 Å². The first-order chi connectivity index (χ1) is 15.9. The van der Waals surface area contributed by atoms with Gasteiger partial charge < -0.3 is 9.64 Å². The summed E-state index contributed by atoms with van der Waals surface area (Å²) in [6.45, 7) is 1.37. The normalized spacial score (nSPS) is 17.2. The van der Waals surface area contributed by atoms with E-state index in [-0.39, 0.29) is 29.7 Å². The summed E-state index contributed by atoms with van der Waals surface area (Å²) in [6.07, 6.45) is 3.51. The fourth-order valence-corrected chi connectivity index (χ4v) is 4.37. The molecule has 0 bridgehead atoms. The van der Waals surface area contributed by atoms with Gasteiger partial charge in [-0.3, -0.25) is 29.4 Å². The smallest absolute Gasteiger partial charge is 0.294 e. The Hall–Kier alpha value is -3.66. The number of nitrogens with zero attached hydrogens (tertiary/aromatic N) is 3. The van der Waals surface area contributed by atoms with E-state index in [0.29, 0.717) is 24.4 Å². The molecule has 2 aliphatic rings. The average molecular weight is 468 g/mol. The third kappa shape index (κ3) is 5.40. The van der Waals surface area contributed by atoms with Gasteiger partial charge in [-0.2, -0.15) is 0 Å². The Bertz CT molecular complexity index is 1110. The van der Waals surface area contributed by atoms with E-state index in [0.717, 1.165) is 35.1 Å². The van der Waals surface area contributed by atoms with Crippen molar-refractivity contribution in [1.82, 2.24) is 9.80 Å². The van der Waals surface area contributed by atoms with Gasteiger partial charge in [0.05, 0.1) is 9.83 Å². The molecule has 9 nitrogen and oxygen atoms in total. The highest BCUT2D eigenvalue weighted by molar-refractivity contribution is 8.18. The minimum Gasteiger partial charge on any atom is -0.489 e. The molecule has 0 saturated carbocycles. The minimum absolute atomic E-state index is 0.0212. The SMILES string of the molecule is O=C(CN1C(=O)S/C(=C/c2ccc(OCc3ccc([N+](=O)[O-])cc3)cc2)C1=O)N1CCCC1. The van der Waals surface area contributed by atoms with Crippen molar-refractivity contribution in [3.8, 4) is 5.75 Å². The molecular weight excluding hydrogens is 446 g/mol. The maximum Gasteiger partial charge on any atom is 0.294 e. The summed E-state index contributed by atoms with van der Waals surface area (Å²) in [5.74, 6) is -0.0727. The fraction of sp³-hybridized carbons (Fsp3) is 0.261.